The molecule has 1 heterocycles. The predicted molar refractivity (Wildman–Crippen MR) is 69.6 cm³/mol. The van der Waals surface area contributed by atoms with Gasteiger partial charge in [0.2, 0.25) is 0 Å². The Morgan fingerprint density at radius 1 is 1.39 bits per heavy atom. The van der Waals surface area contributed by atoms with Gasteiger partial charge in [-0.3, -0.25) is 0 Å². The van der Waals surface area contributed by atoms with E-state index >= 15 is 0 Å². The first kappa shape index (κ1) is 11.5. The molecule has 0 radical (unpaired) electrons. The zero-order chi connectivity index (χ0) is 12.9. The Kier molecular flexibility index (Phi) is 2.55. The molecule has 3 nitrogen and oxygen atoms in total. The van der Waals surface area contributed by atoms with Gasteiger partial charge < -0.3 is 14.2 Å². The molecule has 1 aliphatic carbocycles. The highest BCUT2D eigenvalue weighted by Crippen LogP contribution is 2.42. The molecule has 1 fully saturated rings. The van der Waals surface area contributed by atoms with Gasteiger partial charge in [0, 0.05) is 23.7 Å². The third-order valence-corrected chi connectivity index (χ3v) is 3.74. The fourth-order valence-corrected chi connectivity index (χ4v) is 2.63. The summed E-state index contributed by atoms with van der Waals surface area (Å²) in [4.78, 5) is 2.22. The van der Waals surface area contributed by atoms with E-state index < -0.39 is 0 Å². The first-order valence-corrected chi connectivity index (χ1v) is 6.12. The topological polar surface area (TPSA) is 17.4 Å². The van der Waals surface area contributed by atoms with Crippen molar-refractivity contribution >= 4 is 10.9 Å². The minimum Gasteiger partial charge on any atom is -0.494 e. The van der Waals surface area contributed by atoms with Gasteiger partial charge in [-0.1, -0.05) is 0 Å². The zero-order valence-corrected chi connectivity index (χ0v) is 10.9. The molecule has 0 saturated heterocycles. The molecule has 0 bridgehead atoms. The van der Waals surface area contributed by atoms with Crippen molar-refractivity contribution in [3.05, 3.63) is 30.2 Å². The first-order chi connectivity index (χ1) is 8.61. The summed E-state index contributed by atoms with van der Waals surface area (Å²) in [6.45, 7) is 0. The van der Waals surface area contributed by atoms with Gasteiger partial charge in [0.05, 0.1) is 18.7 Å². The van der Waals surface area contributed by atoms with E-state index in [0.29, 0.717) is 17.8 Å². The van der Waals surface area contributed by atoms with Crippen LogP contribution in [-0.2, 0) is 0 Å². The van der Waals surface area contributed by atoms with Crippen LogP contribution in [0.15, 0.2) is 24.4 Å². The number of halogens is 1. The molecule has 1 saturated carbocycles. The minimum absolute atomic E-state index is 0.299. The van der Waals surface area contributed by atoms with E-state index in [4.69, 9.17) is 4.74 Å². The van der Waals surface area contributed by atoms with Crippen molar-refractivity contribution in [2.45, 2.75) is 18.5 Å². The lowest BCUT2D eigenvalue weighted by atomic mass is 10.2. The van der Waals surface area contributed by atoms with Gasteiger partial charge in [-0.05, 0) is 32.6 Å². The monoisotopic (exact) mass is 248 g/mol. The number of fused-ring (bicyclic) bond motifs is 1. The number of nitrogens with zero attached hydrogens (tertiary/aromatic N) is 2. The quantitative estimate of drug-likeness (QED) is 0.831. The summed E-state index contributed by atoms with van der Waals surface area (Å²) in [7, 11) is 5.66. The Morgan fingerprint density at radius 2 is 2.17 bits per heavy atom. The van der Waals surface area contributed by atoms with Gasteiger partial charge in [0.15, 0.2) is 11.6 Å². The highest BCUT2D eigenvalue weighted by Gasteiger charge is 2.40. The molecule has 1 aliphatic rings. The third kappa shape index (κ3) is 1.68. The molecule has 2 unspecified atom stereocenters. The molecule has 4 heteroatoms. The molecule has 18 heavy (non-hydrogen) atoms. The second-order valence-corrected chi connectivity index (χ2v) is 5.10. The fourth-order valence-electron chi connectivity index (χ4n) is 2.63. The van der Waals surface area contributed by atoms with Crippen molar-refractivity contribution in [2.24, 2.45) is 0 Å². The molecule has 0 amide bonds. The van der Waals surface area contributed by atoms with Crippen LogP contribution in [0.5, 0.6) is 5.75 Å². The molecule has 1 aromatic heterocycles. The second-order valence-electron chi connectivity index (χ2n) is 5.10. The summed E-state index contributed by atoms with van der Waals surface area (Å²) < 4.78 is 20.9. The zero-order valence-electron chi connectivity index (χ0n) is 10.9. The third-order valence-electron chi connectivity index (χ3n) is 3.74. The maximum absolute atomic E-state index is 13.8. The molecule has 0 N–H and O–H groups in total. The molecule has 0 spiro atoms. The van der Waals surface area contributed by atoms with Crippen LogP contribution in [0.4, 0.5) is 4.39 Å². The van der Waals surface area contributed by atoms with Crippen molar-refractivity contribution in [1.82, 2.24) is 9.47 Å². The average Bonchev–Trinajstić information content (AvgIpc) is 3.04. The molecule has 0 aliphatic heterocycles. The van der Waals surface area contributed by atoms with E-state index in [1.807, 2.05) is 12.3 Å². The normalized spacial score (nSPS) is 22.7. The van der Waals surface area contributed by atoms with Crippen molar-refractivity contribution in [3.63, 3.8) is 0 Å². The SMILES string of the molecule is COc1cc2ccn(C3CC3N(C)C)c2cc1F. The number of likely N-dealkylation sites (N-methyl/N-ethyl adjacent to an activating group) is 1. The van der Waals surface area contributed by atoms with Gasteiger partial charge in [0.25, 0.3) is 0 Å². The van der Waals surface area contributed by atoms with Crippen LogP contribution in [0, 0.1) is 5.82 Å². The maximum Gasteiger partial charge on any atom is 0.167 e. The summed E-state index contributed by atoms with van der Waals surface area (Å²) in [6, 6.07) is 6.37. The molecule has 96 valence electrons. The van der Waals surface area contributed by atoms with Gasteiger partial charge in [-0.2, -0.15) is 0 Å². The van der Waals surface area contributed by atoms with Crippen LogP contribution in [-0.4, -0.2) is 36.7 Å². The number of ether oxygens (including phenoxy) is 1. The Hall–Kier alpha value is -1.55. The number of hydrogen-bond donors (Lipinski definition) is 0. The van der Waals surface area contributed by atoms with E-state index in [1.165, 1.54) is 7.11 Å². The van der Waals surface area contributed by atoms with Crippen molar-refractivity contribution < 1.29 is 9.13 Å². The lowest BCUT2D eigenvalue weighted by Gasteiger charge is -2.11. The molecule has 1 aromatic carbocycles. The molecule has 2 aromatic rings. The summed E-state index contributed by atoms with van der Waals surface area (Å²) in [6.07, 6.45) is 3.17. The molecular formula is C14H17FN2O. The summed E-state index contributed by atoms with van der Waals surface area (Å²) in [5.74, 6) is 0.00668. The van der Waals surface area contributed by atoms with Crippen LogP contribution >= 0.6 is 0 Å². The Balaban J connectivity index is 2.03. The number of methoxy groups -OCH3 is 1. The fraction of sp³-hybridized carbons (Fsp3) is 0.429. The molecule has 2 atom stereocenters. The molecule has 3 rings (SSSR count). The maximum atomic E-state index is 13.8. The highest BCUT2D eigenvalue weighted by molar-refractivity contribution is 5.82. The predicted octanol–water partition coefficient (Wildman–Crippen LogP) is 2.66. The van der Waals surface area contributed by atoms with Gasteiger partial charge in [0.1, 0.15) is 0 Å². The van der Waals surface area contributed by atoms with E-state index in [9.17, 15) is 4.39 Å². The van der Waals surface area contributed by atoms with E-state index in [2.05, 4.69) is 23.6 Å². The summed E-state index contributed by atoms with van der Waals surface area (Å²) >= 11 is 0. The largest absolute Gasteiger partial charge is 0.494 e. The lowest BCUT2D eigenvalue weighted by Crippen LogP contribution is -2.17. The number of rotatable bonds is 3. The van der Waals surface area contributed by atoms with Crippen LogP contribution in [0.25, 0.3) is 10.9 Å². The van der Waals surface area contributed by atoms with E-state index in [1.54, 1.807) is 12.1 Å². The standard InChI is InChI=1S/C14H17FN2O/c1-16(2)12-8-13(12)17-5-4-9-6-14(18-3)10(15)7-11(9)17/h4-7,12-13H,8H2,1-3H3. The highest BCUT2D eigenvalue weighted by atomic mass is 19.1. The van der Waals surface area contributed by atoms with Crippen LogP contribution in [0.1, 0.15) is 12.5 Å². The smallest absolute Gasteiger partial charge is 0.167 e. The Morgan fingerprint density at radius 3 is 2.78 bits per heavy atom. The Bertz CT molecular complexity index is 591. The van der Waals surface area contributed by atoms with Crippen molar-refractivity contribution in [2.75, 3.05) is 21.2 Å². The van der Waals surface area contributed by atoms with E-state index in [-0.39, 0.29) is 5.82 Å². The van der Waals surface area contributed by atoms with Crippen molar-refractivity contribution in [1.29, 1.82) is 0 Å². The minimum atomic E-state index is -0.299. The average molecular weight is 248 g/mol. The first-order valence-electron chi connectivity index (χ1n) is 6.12. The lowest BCUT2D eigenvalue weighted by molar-refractivity contribution is 0.377. The molecular weight excluding hydrogens is 231 g/mol. The number of benzene rings is 1. The van der Waals surface area contributed by atoms with Gasteiger partial charge in [-0.15, -0.1) is 0 Å². The van der Waals surface area contributed by atoms with Crippen molar-refractivity contribution in [3.8, 4) is 5.75 Å². The summed E-state index contributed by atoms with van der Waals surface area (Å²) in [5.41, 5.74) is 0.947. The number of hydrogen-bond acceptors (Lipinski definition) is 2. The van der Waals surface area contributed by atoms with Crippen LogP contribution < -0.4 is 4.74 Å². The van der Waals surface area contributed by atoms with E-state index in [0.717, 1.165) is 17.3 Å². The Labute approximate surface area is 106 Å². The summed E-state index contributed by atoms with van der Waals surface area (Å²) in [5, 5.41) is 1.03. The number of aromatic nitrogens is 1. The van der Waals surface area contributed by atoms with Crippen LogP contribution in [0.2, 0.25) is 0 Å². The van der Waals surface area contributed by atoms with Gasteiger partial charge >= 0.3 is 0 Å². The van der Waals surface area contributed by atoms with Gasteiger partial charge in [-0.25, -0.2) is 4.39 Å². The van der Waals surface area contributed by atoms with Crippen LogP contribution in [0.3, 0.4) is 0 Å². The second kappa shape index (κ2) is 3.99.